The molecule has 3 fully saturated rings. The van der Waals surface area contributed by atoms with Gasteiger partial charge >= 0.3 is 11.9 Å². The SMILES string of the molecule is C=C(C)[C@@H]1C=C[C@]2(C)CCC34C(CCC[C@]3(C)[C@H]4[C@H](C)CC/C=C(/C)C(=O)O)[C@]12CCC(=O)O. The van der Waals surface area contributed by atoms with Crippen molar-refractivity contribution in [2.75, 3.05) is 0 Å². The minimum absolute atomic E-state index is 0.0257. The van der Waals surface area contributed by atoms with Crippen LogP contribution in [0.1, 0.15) is 92.4 Å². The Bertz CT molecular complexity index is 945. The van der Waals surface area contributed by atoms with Gasteiger partial charge in [-0.1, -0.05) is 57.6 Å². The molecule has 0 aromatic rings. The van der Waals surface area contributed by atoms with Gasteiger partial charge in [0.25, 0.3) is 0 Å². The Morgan fingerprint density at radius 1 is 1.18 bits per heavy atom. The molecule has 0 heterocycles. The molecular formula is C30H44O4. The van der Waals surface area contributed by atoms with E-state index in [0.29, 0.717) is 28.7 Å². The molecule has 0 saturated heterocycles. The van der Waals surface area contributed by atoms with Crippen molar-refractivity contribution in [3.8, 4) is 0 Å². The lowest BCUT2D eigenvalue weighted by molar-refractivity contribution is -0.144. The van der Waals surface area contributed by atoms with E-state index in [1.807, 2.05) is 6.08 Å². The summed E-state index contributed by atoms with van der Waals surface area (Å²) in [4.78, 5) is 23.0. The van der Waals surface area contributed by atoms with Gasteiger partial charge in [-0.15, -0.1) is 0 Å². The predicted molar refractivity (Wildman–Crippen MR) is 135 cm³/mol. The molecule has 4 rings (SSSR count). The second kappa shape index (κ2) is 8.38. The van der Waals surface area contributed by atoms with Gasteiger partial charge in [0.15, 0.2) is 0 Å². The Balaban J connectivity index is 1.70. The molecule has 4 aliphatic rings. The monoisotopic (exact) mass is 468 g/mol. The van der Waals surface area contributed by atoms with Gasteiger partial charge in [0.2, 0.25) is 0 Å². The topological polar surface area (TPSA) is 74.6 Å². The highest BCUT2D eigenvalue weighted by molar-refractivity contribution is 5.85. The van der Waals surface area contributed by atoms with Crippen molar-refractivity contribution in [2.24, 2.45) is 45.3 Å². The van der Waals surface area contributed by atoms with E-state index in [-0.39, 0.29) is 28.6 Å². The Labute approximate surface area is 205 Å². The number of allylic oxidation sites excluding steroid dienone is 4. The molecule has 2 unspecified atom stereocenters. The molecule has 34 heavy (non-hydrogen) atoms. The molecule has 0 aromatic heterocycles. The average Bonchev–Trinajstić information content (AvgIpc) is 3.17. The average molecular weight is 469 g/mol. The van der Waals surface area contributed by atoms with Gasteiger partial charge in [0.1, 0.15) is 0 Å². The van der Waals surface area contributed by atoms with Crippen LogP contribution in [0.5, 0.6) is 0 Å². The molecular weight excluding hydrogens is 424 g/mol. The molecule has 2 N–H and O–H groups in total. The van der Waals surface area contributed by atoms with Crippen LogP contribution in [0.2, 0.25) is 0 Å². The van der Waals surface area contributed by atoms with E-state index in [0.717, 1.165) is 25.7 Å². The van der Waals surface area contributed by atoms with Crippen LogP contribution >= 0.6 is 0 Å². The van der Waals surface area contributed by atoms with Crippen molar-refractivity contribution >= 4 is 11.9 Å². The highest BCUT2D eigenvalue weighted by Gasteiger charge is 2.82. The number of carboxylic acids is 2. The van der Waals surface area contributed by atoms with Gasteiger partial charge in [-0.05, 0) is 98.2 Å². The van der Waals surface area contributed by atoms with Crippen LogP contribution in [0, 0.1) is 45.3 Å². The highest BCUT2D eigenvalue weighted by Crippen LogP contribution is 2.88. The lowest BCUT2D eigenvalue weighted by Crippen LogP contribution is -2.55. The summed E-state index contributed by atoms with van der Waals surface area (Å²) in [5.74, 6) is 0.399. The fourth-order valence-electron chi connectivity index (χ4n) is 9.97. The van der Waals surface area contributed by atoms with Crippen LogP contribution in [0.15, 0.2) is 36.0 Å². The van der Waals surface area contributed by atoms with Crippen LogP contribution in [-0.4, -0.2) is 22.2 Å². The number of fused-ring (bicyclic) bond motifs is 2. The number of hydrogen-bond acceptors (Lipinski definition) is 2. The van der Waals surface area contributed by atoms with Crippen LogP contribution in [-0.2, 0) is 9.59 Å². The predicted octanol–water partition coefficient (Wildman–Crippen LogP) is 7.27. The molecule has 188 valence electrons. The quantitative estimate of drug-likeness (QED) is 0.276. The van der Waals surface area contributed by atoms with Crippen LogP contribution in [0.3, 0.4) is 0 Å². The first-order chi connectivity index (χ1) is 15.9. The van der Waals surface area contributed by atoms with Crippen LogP contribution in [0.4, 0.5) is 0 Å². The van der Waals surface area contributed by atoms with E-state index in [2.05, 4.69) is 46.4 Å². The van der Waals surface area contributed by atoms with Gasteiger partial charge in [-0.25, -0.2) is 4.79 Å². The summed E-state index contributed by atoms with van der Waals surface area (Å²) in [6.07, 6.45) is 15.5. The lowest BCUT2D eigenvalue weighted by atomic mass is 9.42. The third kappa shape index (κ3) is 3.30. The van der Waals surface area contributed by atoms with E-state index in [1.165, 1.54) is 31.3 Å². The number of hydrogen-bond donors (Lipinski definition) is 2. The van der Waals surface area contributed by atoms with Crippen molar-refractivity contribution in [3.63, 3.8) is 0 Å². The minimum atomic E-state index is -0.829. The molecule has 0 radical (unpaired) electrons. The van der Waals surface area contributed by atoms with E-state index in [1.54, 1.807) is 6.92 Å². The van der Waals surface area contributed by atoms with Crippen LogP contribution < -0.4 is 0 Å². The maximum atomic E-state index is 11.8. The molecule has 0 aromatic carbocycles. The zero-order valence-corrected chi connectivity index (χ0v) is 21.8. The summed E-state index contributed by atoms with van der Waals surface area (Å²) in [5.41, 5.74) is 2.15. The molecule has 1 spiro atoms. The Morgan fingerprint density at radius 2 is 1.88 bits per heavy atom. The van der Waals surface area contributed by atoms with Gasteiger partial charge in [-0.3, -0.25) is 4.79 Å². The lowest BCUT2D eigenvalue weighted by Gasteiger charge is -2.61. The third-order valence-corrected chi connectivity index (χ3v) is 11.2. The van der Waals surface area contributed by atoms with Crippen molar-refractivity contribution in [1.29, 1.82) is 0 Å². The number of carbonyl (C=O) groups is 2. The van der Waals surface area contributed by atoms with Crippen molar-refractivity contribution < 1.29 is 19.8 Å². The minimum Gasteiger partial charge on any atom is -0.481 e. The summed E-state index contributed by atoms with van der Waals surface area (Å²) < 4.78 is 0. The maximum Gasteiger partial charge on any atom is 0.330 e. The summed E-state index contributed by atoms with van der Waals surface area (Å²) >= 11 is 0. The zero-order valence-electron chi connectivity index (χ0n) is 21.8. The van der Waals surface area contributed by atoms with Crippen molar-refractivity contribution in [1.82, 2.24) is 0 Å². The summed E-state index contributed by atoms with van der Waals surface area (Å²) in [5, 5.41) is 18.9. The molecule has 4 nitrogen and oxygen atoms in total. The molecule has 0 aliphatic heterocycles. The second-order valence-corrected chi connectivity index (χ2v) is 12.7. The molecule has 0 amide bonds. The highest BCUT2D eigenvalue weighted by atomic mass is 16.4. The van der Waals surface area contributed by atoms with Gasteiger partial charge in [0.05, 0.1) is 0 Å². The summed E-state index contributed by atoms with van der Waals surface area (Å²) in [6.45, 7) is 15.5. The molecule has 4 heteroatoms. The normalized spacial score (nSPS) is 43.4. The molecule has 3 saturated carbocycles. The van der Waals surface area contributed by atoms with Crippen LogP contribution in [0.25, 0.3) is 0 Å². The smallest absolute Gasteiger partial charge is 0.330 e. The summed E-state index contributed by atoms with van der Waals surface area (Å²) in [7, 11) is 0. The molecule has 0 bridgehead atoms. The Kier molecular flexibility index (Phi) is 6.23. The largest absolute Gasteiger partial charge is 0.481 e. The third-order valence-electron chi connectivity index (χ3n) is 11.2. The van der Waals surface area contributed by atoms with Crippen molar-refractivity contribution in [2.45, 2.75) is 92.4 Å². The van der Waals surface area contributed by atoms with Gasteiger partial charge < -0.3 is 10.2 Å². The molecule has 8 atom stereocenters. The summed E-state index contributed by atoms with van der Waals surface area (Å²) in [6, 6.07) is 0. The van der Waals surface area contributed by atoms with Crippen molar-refractivity contribution in [3.05, 3.63) is 36.0 Å². The number of aliphatic carboxylic acids is 2. The first kappa shape index (κ1) is 25.3. The fraction of sp³-hybridized carbons (Fsp3) is 0.733. The van der Waals surface area contributed by atoms with Gasteiger partial charge in [0, 0.05) is 17.9 Å². The van der Waals surface area contributed by atoms with E-state index < -0.39 is 11.9 Å². The van der Waals surface area contributed by atoms with E-state index >= 15 is 0 Å². The van der Waals surface area contributed by atoms with Gasteiger partial charge in [-0.2, -0.15) is 0 Å². The number of rotatable bonds is 9. The second-order valence-electron chi connectivity index (χ2n) is 12.7. The maximum absolute atomic E-state index is 11.8. The number of carboxylic acid groups (broad SMARTS) is 2. The first-order valence-electron chi connectivity index (χ1n) is 13.3. The zero-order chi connectivity index (χ0) is 25.1. The molecule has 4 aliphatic carbocycles. The van der Waals surface area contributed by atoms with E-state index in [9.17, 15) is 19.8 Å². The fourth-order valence-corrected chi connectivity index (χ4v) is 9.97. The first-order valence-corrected chi connectivity index (χ1v) is 13.3. The Morgan fingerprint density at radius 3 is 2.50 bits per heavy atom. The van der Waals surface area contributed by atoms with E-state index in [4.69, 9.17) is 0 Å². The standard InChI is InChI=1S/C30H44O4/c1-19(2)22-12-15-27(5)17-18-30-23(29(22,27)16-13-24(31)32)11-8-14-28(30,6)25(30)20(3)9-7-10-21(4)26(33)34/h10,12,15,20,22-23,25H,1,7-9,11,13-14,16-18H2,2-6H3,(H,31,32)(H,33,34)/b21-10-/t20-,22+,23?,25-,27-,28-,29+,30?/m1/s1. The Hall–Kier alpha value is -1.84.